The monoisotopic (exact) mass is 281 g/mol. The molecule has 5 nitrogen and oxygen atoms in total. The number of phenols is 1. The van der Waals surface area contributed by atoms with E-state index in [4.69, 9.17) is 4.52 Å². The lowest BCUT2D eigenvalue weighted by Crippen LogP contribution is -1.92. The standard InChI is InChI=1S/C16H15N3O2/c1-10-7-11(2)15(17-9-10)16-18-14(21-19-16)8-12-3-5-13(20)6-4-12/h3-7,9,20H,8H2,1-2H3. The van der Waals surface area contributed by atoms with Crippen LogP contribution in [0.1, 0.15) is 22.6 Å². The van der Waals surface area contributed by atoms with Gasteiger partial charge >= 0.3 is 0 Å². The van der Waals surface area contributed by atoms with Gasteiger partial charge in [0, 0.05) is 6.20 Å². The molecule has 0 aliphatic heterocycles. The first kappa shape index (κ1) is 13.3. The van der Waals surface area contributed by atoms with Crippen molar-refractivity contribution in [3.8, 4) is 17.3 Å². The summed E-state index contributed by atoms with van der Waals surface area (Å²) in [6.07, 6.45) is 2.32. The lowest BCUT2D eigenvalue weighted by atomic mass is 10.1. The van der Waals surface area contributed by atoms with Crippen LogP contribution >= 0.6 is 0 Å². The Labute approximate surface area is 122 Å². The summed E-state index contributed by atoms with van der Waals surface area (Å²) >= 11 is 0. The zero-order chi connectivity index (χ0) is 14.8. The predicted octanol–water partition coefficient (Wildman–Crippen LogP) is 3.04. The maximum absolute atomic E-state index is 9.27. The number of aromatic nitrogens is 3. The van der Waals surface area contributed by atoms with Gasteiger partial charge in [-0.1, -0.05) is 23.4 Å². The lowest BCUT2D eigenvalue weighted by Gasteiger charge is -2.00. The van der Waals surface area contributed by atoms with Crippen LogP contribution < -0.4 is 0 Å². The molecule has 0 aliphatic rings. The molecule has 106 valence electrons. The molecule has 0 radical (unpaired) electrons. The molecule has 2 aromatic heterocycles. The van der Waals surface area contributed by atoms with E-state index in [1.165, 1.54) is 0 Å². The highest BCUT2D eigenvalue weighted by atomic mass is 16.5. The second-order valence-electron chi connectivity index (χ2n) is 5.03. The molecule has 0 unspecified atom stereocenters. The Morgan fingerprint density at radius 3 is 2.62 bits per heavy atom. The van der Waals surface area contributed by atoms with Gasteiger partial charge in [-0.15, -0.1) is 0 Å². The number of aryl methyl sites for hydroxylation is 2. The summed E-state index contributed by atoms with van der Waals surface area (Å²) in [6.45, 7) is 3.97. The first-order chi connectivity index (χ1) is 10.1. The molecule has 3 rings (SSSR count). The van der Waals surface area contributed by atoms with Crippen molar-refractivity contribution in [3.05, 3.63) is 59.1 Å². The normalized spacial score (nSPS) is 10.8. The minimum atomic E-state index is 0.240. The van der Waals surface area contributed by atoms with E-state index >= 15 is 0 Å². The van der Waals surface area contributed by atoms with E-state index in [1.807, 2.05) is 32.0 Å². The number of phenolic OH excluding ortho intramolecular Hbond substituents is 1. The van der Waals surface area contributed by atoms with E-state index in [0.29, 0.717) is 18.1 Å². The molecule has 5 heteroatoms. The second kappa shape index (κ2) is 5.36. The first-order valence-electron chi connectivity index (χ1n) is 6.66. The molecule has 21 heavy (non-hydrogen) atoms. The van der Waals surface area contributed by atoms with Crippen LogP contribution in [0.4, 0.5) is 0 Å². The molecule has 3 aromatic rings. The van der Waals surface area contributed by atoms with Crippen molar-refractivity contribution >= 4 is 0 Å². The maximum Gasteiger partial charge on any atom is 0.231 e. The van der Waals surface area contributed by atoms with Gasteiger partial charge in [0.05, 0.1) is 6.42 Å². The van der Waals surface area contributed by atoms with E-state index in [0.717, 1.165) is 22.4 Å². The minimum absolute atomic E-state index is 0.240. The van der Waals surface area contributed by atoms with Crippen molar-refractivity contribution in [1.82, 2.24) is 15.1 Å². The molecule has 0 saturated heterocycles. The number of benzene rings is 1. The molecule has 0 amide bonds. The molecule has 0 fully saturated rings. The highest BCUT2D eigenvalue weighted by Crippen LogP contribution is 2.20. The molecule has 0 aliphatic carbocycles. The first-order valence-corrected chi connectivity index (χ1v) is 6.66. The Hall–Kier alpha value is -2.69. The lowest BCUT2D eigenvalue weighted by molar-refractivity contribution is 0.385. The summed E-state index contributed by atoms with van der Waals surface area (Å²) in [6, 6.07) is 8.97. The van der Waals surface area contributed by atoms with E-state index in [9.17, 15) is 5.11 Å². The number of nitrogens with zero attached hydrogens (tertiary/aromatic N) is 3. The van der Waals surface area contributed by atoms with Gasteiger partial charge in [-0.2, -0.15) is 4.98 Å². The second-order valence-corrected chi connectivity index (χ2v) is 5.03. The van der Waals surface area contributed by atoms with Gasteiger partial charge in [-0.05, 0) is 42.7 Å². The average molecular weight is 281 g/mol. The van der Waals surface area contributed by atoms with Crippen LogP contribution in [0.3, 0.4) is 0 Å². The van der Waals surface area contributed by atoms with Crippen LogP contribution in [0.5, 0.6) is 5.75 Å². The molecule has 1 N–H and O–H groups in total. The fourth-order valence-electron chi connectivity index (χ4n) is 2.16. The number of rotatable bonds is 3. The van der Waals surface area contributed by atoms with Crippen molar-refractivity contribution in [2.45, 2.75) is 20.3 Å². The van der Waals surface area contributed by atoms with Gasteiger partial charge in [0.25, 0.3) is 0 Å². The fourth-order valence-corrected chi connectivity index (χ4v) is 2.16. The number of hydrogen-bond acceptors (Lipinski definition) is 5. The zero-order valence-corrected chi connectivity index (χ0v) is 11.9. The maximum atomic E-state index is 9.27. The number of aromatic hydroxyl groups is 1. The smallest absolute Gasteiger partial charge is 0.231 e. The Morgan fingerprint density at radius 1 is 1.14 bits per heavy atom. The largest absolute Gasteiger partial charge is 0.508 e. The van der Waals surface area contributed by atoms with Gasteiger partial charge in [0.1, 0.15) is 11.4 Å². The van der Waals surface area contributed by atoms with Gasteiger partial charge < -0.3 is 9.63 Å². The van der Waals surface area contributed by atoms with E-state index in [-0.39, 0.29) is 5.75 Å². The SMILES string of the molecule is Cc1cnc(-c2noc(Cc3ccc(O)cc3)n2)c(C)c1. The van der Waals surface area contributed by atoms with Crippen LogP contribution in [-0.2, 0) is 6.42 Å². The number of hydrogen-bond donors (Lipinski definition) is 1. The Balaban J connectivity index is 1.84. The Kier molecular flexibility index (Phi) is 3.39. The van der Waals surface area contributed by atoms with Crippen molar-refractivity contribution in [2.24, 2.45) is 0 Å². The fraction of sp³-hybridized carbons (Fsp3) is 0.188. The minimum Gasteiger partial charge on any atom is -0.508 e. The van der Waals surface area contributed by atoms with E-state index in [1.54, 1.807) is 18.3 Å². The van der Waals surface area contributed by atoms with E-state index in [2.05, 4.69) is 15.1 Å². The summed E-state index contributed by atoms with van der Waals surface area (Å²) in [5, 5.41) is 13.3. The third kappa shape index (κ3) is 2.91. The Bertz CT molecular complexity index is 763. The third-order valence-electron chi connectivity index (χ3n) is 3.19. The molecular formula is C16H15N3O2. The third-order valence-corrected chi connectivity index (χ3v) is 3.19. The van der Waals surface area contributed by atoms with Crippen molar-refractivity contribution in [1.29, 1.82) is 0 Å². The van der Waals surface area contributed by atoms with Gasteiger partial charge in [-0.3, -0.25) is 4.98 Å². The van der Waals surface area contributed by atoms with Crippen LogP contribution in [0, 0.1) is 13.8 Å². The highest BCUT2D eigenvalue weighted by molar-refractivity contribution is 5.54. The topological polar surface area (TPSA) is 72.0 Å². The summed E-state index contributed by atoms with van der Waals surface area (Å²) in [4.78, 5) is 8.75. The molecule has 2 heterocycles. The molecule has 0 spiro atoms. The predicted molar refractivity (Wildman–Crippen MR) is 77.9 cm³/mol. The van der Waals surface area contributed by atoms with Crippen molar-refractivity contribution < 1.29 is 9.63 Å². The van der Waals surface area contributed by atoms with Crippen molar-refractivity contribution in [3.63, 3.8) is 0 Å². The van der Waals surface area contributed by atoms with Crippen LogP contribution in [0.25, 0.3) is 11.5 Å². The molecular weight excluding hydrogens is 266 g/mol. The number of pyridine rings is 1. The molecule has 0 atom stereocenters. The summed E-state index contributed by atoms with van der Waals surface area (Å²) in [5.74, 6) is 1.27. The quantitative estimate of drug-likeness (QED) is 0.798. The summed E-state index contributed by atoms with van der Waals surface area (Å²) < 4.78 is 5.27. The van der Waals surface area contributed by atoms with Gasteiger partial charge in [0.15, 0.2) is 0 Å². The van der Waals surface area contributed by atoms with Crippen LogP contribution in [0.15, 0.2) is 41.1 Å². The molecule has 0 bridgehead atoms. The average Bonchev–Trinajstić information content (AvgIpc) is 2.90. The van der Waals surface area contributed by atoms with Crippen LogP contribution in [-0.4, -0.2) is 20.2 Å². The van der Waals surface area contributed by atoms with Gasteiger partial charge in [-0.25, -0.2) is 0 Å². The van der Waals surface area contributed by atoms with E-state index < -0.39 is 0 Å². The summed E-state index contributed by atoms with van der Waals surface area (Å²) in [5.41, 5.74) is 3.86. The zero-order valence-electron chi connectivity index (χ0n) is 11.9. The van der Waals surface area contributed by atoms with Crippen LogP contribution in [0.2, 0.25) is 0 Å². The van der Waals surface area contributed by atoms with Crippen molar-refractivity contribution in [2.75, 3.05) is 0 Å². The highest BCUT2D eigenvalue weighted by Gasteiger charge is 2.12. The van der Waals surface area contributed by atoms with Gasteiger partial charge in [0.2, 0.25) is 11.7 Å². The Morgan fingerprint density at radius 2 is 1.90 bits per heavy atom. The molecule has 1 aromatic carbocycles. The molecule has 0 saturated carbocycles. The summed E-state index contributed by atoms with van der Waals surface area (Å²) in [7, 11) is 0.